The van der Waals surface area contributed by atoms with E-state index in [2.05, 4.69) is 29.2 Å². The Morgan fingerprint density at radius 2 is 1.79 bits per heavy atom. The van der Waals surface area contributed by atoms with E-state index in [9.17, 15) is 14.9 Å². The van der Waals surface area contributed by atoms with Gasteiger partial charge in [0.1, 0.15) is 17.1 Å². The van der Waals surface area contributed by atoms with Crippen LogP contribution in [0.15, 0.2) is 72.8 Å². The van der Waals surface area contributed by atoms with Gasteiger partial charge in [-0.15, -0.1) is 0 Å². The number of amides is 1. The predicted molar refractivity (Wildman–Crippen MR) is 128 cm³/mol. The highest BCUT2D eigenvalue weighted by molar-refractivity contribution is 6.07. The van der Waals surface area contributed by atoms with Crippen molar-refractivity contribution in [2.75, 3.05) is 37.4 Å². The standard InChI is InChI=1S/C25H26N4O4/c1-27(2)20-14-15-28(17-20)19-10-8-18(9-11-19)26-25(30)23-16-22(12-13-24(23)29(31)32)33-21-6-4-3-5-7-21/h3-13,16,20H,14-15,17H2,1-2H3,(H,26,30). The van der Waals surface area contributed by atoms with Crippen molar-refractivity contribution in [3.8, 4) is 11.5 Å². The summed E-state index contributed by atoms with van der Waals surface area (Å²) in [7, 11) is 4.18. The maximum Gasteiger partial charge on any atom is 0.282 e. The molecule has 0 bridgehead atoms. The summed E-state index contributed by atoms with van der Waals surface area (Å²) in [5, 5.41) is 14.3. The van der Waals surface area contributed by atoms with Crippen LogP contribution in [0.2, 0.25) is 0 Å². The quantitative estimate of drug-likeness (QED) is 0.415. The predicted octanol–water partition coefficient (Wildman–Crippen LogP) is 4.78. The van der Waals surface area contributed by atoms with E-state index in [4.69, 9.17) is 4.74 Å². The van der Waals surface area contributed by atoms with Crippen molar-refractivity contribution >= 4 is 23.0 Å². The van der Waals surface area contributed by atoms with E-state index in [1.165, 1.54) is 18.2 Å². The number of likely N-dealkylation sites (N-methyl/N-ethyl adjacent to an activating group) is 1. The SMILES string of the molecule is CN(C)C1CCN(c2ccc(NC(=O)c3cc(Oc4ccccc4)ccc3[N+](=O)[O-])cc2)C1. The van der Waals surface area contributed by atoms with E-state index in [1.54, 1.807) is 12.1 Å². The summed E-state index contributed by atoms with van der Waals surface area (Å²) >= 11 is 0. The van der Waals surface area contributed by atoms with Gasteiger partial charge in [0, 0.05) is 42.6 Å². The average molecular weight is 447 g/mol. The van der Waals surface area contributed by atoms with Gasteiger partial charge in [0.2, 0.25) is 0 Å². The molecule has 1 aliphatic rings. The van der Waals surface area contributed by atoms with Crippen LogP contribution in [0, 0.1) is 10.1 Å². The topological polar surface area (TPSA) is 88.0 Å². The summed E-state index contributed by atoms with van der Waals surface area (Å²) < 4.78 is 5.74. The second kappa shape index (κ2) is 9.70. The number of nitrogens with zero attached hydrogens (tertiary/aromatic N) is 3. The minimum atomic E-state index is -0.571. The van der Waals surface area contributed by atoms with Gasteiger partial charge < -0.3 is 19.9 Å². The Morgan fingerprint density at radius 3 is 2.42 bits per heavy atom. The Bertz CT molecular complexity index is 1130. The molecule has 0 aromatic heterocycles. The molecule has 33 heavy (non-hydrogen) atoms. The Balaban J connectivity index is 1.49. The lowest BCUT2D eigenvalue weighted by atomic mass is 10.1. The molecule has 1 amide bonds. The lowest BCUT2D eigenvalue weighted by Gasteiger charge is -2.22. The van der Waals surface area contributed by atoms with Gasteiger partial charge in [0.25, 0.3) is 11.6 Å². The first-order chi connectivity index (χ1) is 15.9. The van der Waals surface area contributed by atoms with E-state index in [0.29, 0.717) is 23.2 Å². The van der Waals surface area contributed by atoms with Crippen molar-refractivity contribution < 1.29 is 14.5 Å². The van der Waals surface area contributed by atoms with Crippen LogP contribution < -0.4 is 15.0 Å². The number of rotatable bonds is 7. The van der Waals surface area contributed by atoms with Crippen LogP contribution in [-0.4, -0.2) is 49.0 Å². The first-order valence-electron chi connectivity index (χ1n) is 10.7. The Kier molecular flexibility index (Phi) is 6.55. The minimum Gasteiger partial charge on any atom is -0.457 e. The van der Waals surface area contributed by atoms with Crippen molar-refractivity contribution in [3.63, 3.8) is 0 Å². The molecule has 8 heteroatoms. The highest BCUT2D eigenvalue weighted by Crippen LogP contribution is 2.29. The van der Waals surface area contributed by atoms with E-state index in [-0.39, 0.29) is 11.3 Å². The number of carbonyl (C=O) groups excluding carboxylic acids is 1. The molecule has 1 fully saturated rings. The molecule has 0 aliphatic carbocycles. The van der Waals surface area contributed by atoms with E-state index >= 15 is 0 Å². The summed E-state index contributed by atoms with van der Waals surface area (Å²) in [6, 6.07) is 21.2. The molecule has 1 heterocycles. The highest BCUT2D eigenvalue weighted by Gasteiger charge is 2.24. The molecule has 1 aliphatic heterocycles. The largest absolute Gasteiger partial charge is 0.457 e. The Labute approximate surface area is 192 Å². The third-order valence-corrected chi connectivity index (χ3v) is 5.77. The number of anilines is 2. The third kappa shape index (κ3) is 5.30. The van der Waals surface area contributed by atoms with E-state index in [1.807, 2.05) is 42.5 Å². The van der Waals surface area contributed by atoms with E-state index in [0.717, 1.165) is 25.2 Å². The molecule has 1 N–H and O–H groups in total. The fourth-order valence-corrected chi connectivity index (χ4v) is 3.90. The number of para-hydroxylation sites is 1. The molecule has 1 unspecified atom stereocenters. The van der Waals surface area contributed by atoms with Gasteiger partial charge in [-0.1, -0.05) is 18.2 Å². The molecular weight excluding hydrogens is 420 g/mol. The molecule has 3 aromatic rings. The van der Waals surface area contributed by atoms with Gasteiger partial charge >= 0.3 is 0 Å². The number of hydrogen-bond donors (Lipinski definition) is 1. The van der Waals surface area contributed by atoms with Crippen LogP contribution in [-0.2, 0) is 0 Å². The zero-order valence-electron chi connectivity index (χ0n) is 18.6. The number of nitrogens with one attached hydrogen (secondary N) is 1. The van der Waals surface area contributed by atoms with Crippen molar-refractivity contribution in [3.05, 3.63) is 88.5 Å². The number of nitro benzene ring substituents is 1. The van der Waals surface area contributed by atoms with Crippen LogP contribution >= 0.6 is 0 Å². The molecule has 0 saturated carbocycles. The van der Waals surface area contributed by atoms with Gasteiger partial charge in [0.05, 0.1) is 4.92 Å². The number of ether oxygens (including phenoxy) is 1. The lowest BCUT2D eigenvalue weighted by molar-refractivity contribution is -0.385. The molecule has 0 spiro atoms. The molecule has 3 aromatic carbocycles. The lowest BCUT2D eigenvalue weighted by Crippen LogP contribution is -2.31. The van der Waals surface area contributed by atoms with E-state index < -0.39 is 10.8 Å². The van der Waals surface area contributed by atoms with Gasteiger partial charge in [-0.2, -0.15) is 0 Å². The third-order valence-electron chi connectivity index (χ3n) is 5.77. The first kappa shape index (κ1) is 22.3. The maximum atomic E-state index is 12.9. The second-order valence-electron chi connectivity index (χ2n) is 8.20. The van der Waals surface area contributed by atoms with Crippen LogP contribution in [0.1, 0.15) is 16.8 Å². The fraction of sp³-hybridized carbons (Fsp3) is 0.240. The van der Waals surface area contributed by atoms with Gasteiger partial charge in [-0.3, -0.25) is 14.9 Å². The zero-order chi connectivity index (χ0) is 23.4. The smallest absolute Gasteiger partial charge is 0.282 e. The summed E-state index contributed by atoms with van der Waals surface area (Å²) in [5.74, 6) is 0.352. The van der Waals surface area contributed by atoms with Gasteiger partial charge in [-0.05, 0) is 63.0 Å². The summed E-state index contributed by atoms with van der Waals surface area (Å²) in [5.41, 5.74) is 1.31. The van der Waals surface area contributed by atoms with Crippen molar-refractivity contribution in [2.45, 2.75) is 12.5 Å². The van der Waals surface area contributed by atoms with Crippen molar-refractivity contribution in [1.29, 1.82) is 0 Å². The minimum absolute atomic E-state index is 0.0640. The second-order valence-corrected chi connectivity index (χ2v) is 8.20. The highest BCUT2D eigenvalue weighted by atomic mass is 16.6. The van der Waals surface area contributed by atoms with Crippen LogP contribution in [0.25, 0.3) is 0 Å². The normalized spacial score (nSPS) is 15.5. The molecule has 0 radical (unpaired) electrons. The maximum absolute atomic E-state index is 12.9. The Hall–Kier alpha value is -3.91. The number of hydrogen-bond acceptors (Lipinski definition) is 6. The first-order valence-corrected chi connectivity index (χ1v) is 10.7. The molecule has 170 valence electrons. The monoisotopic (exact) mass is 446 g/mol. The molecule has 1 atom stereocenters. The molecular formula is C25H26N4O4. The molecule has 4 rings (SSSR count). The summed E-state index contributed by atoms with van der Waals surface area (Å²) in [4.78, 5) is 28.4. The van der Waals surface area contributed by atoms with Crippen molar-refractivity contribution in [1.82, 2.24) is 4.90 Å². The summed E-state index contributed by atoms with van der Waals surface area (Å²) in [6.45, 7) is 1.94. The Morgan fingerprint density at radius 1 is 1.06 bits per heavy atom. The van der Waals surface area contributed by atoms with Gasteiger partial charge in [-0.25, -0.2) is 0 Å². The molecule has 1 saturated heterocycles. The van der Waals surface area contributed by atoms with Crippen LogP contribution in [0.4, 0.5) is 17.1 Å². The van der Waals surface area contributed by atoms with Crippen LogP contribution in [0.5, 0.6) is 11.5 Å². The van der Waals surface area contributed by atoms with Crippen molar-refractivity contribution in [2.24, 2.45) is 0 Å². The number of carbonyl (C=O) groups is 1. The average Bonchev–Trinajstić information content (AvgIpc) is 3.31. The number of benzene rings is 3. The fourth-order valence-electron chi connectivity index (χ4n) is 3.90. The summed E-state index contributed by atoms with van der Waals surface area (Å²) in [6.07, 6.45) is 1.11. The molecule has 8 nitrogen and oxygen atoms in total. The zero-order valence-corrected chi connectivity index (χ0v) is 18.6. The van der Waals surface area contributed by atoms with Gasteiger partial charge in [0.15, 0.2) is 0 Å². The number of nitro groups is 1. The van der Waals surface area contributed by atoms with Crippen LogP contribution in [0.3, 0.4) is 0 Å².